The van der Waals surface area contributed by atoms with Crippen LogP contribution in [0.4, 0.5) is 5.00 Å². The number of nitrogens with zero attached hydrogens (tertiary/aromatic N) is 1. The average molecular weight is 142 g/mol. The van der Waals surface area contributed by atoms with E-state index < -0.39 is 0 Å². The number of rotatable bonds is 2. The fraction of sp³-hybridized carbons (Fsp3) is 0.500. The Morgan fingerprint density at radius 2 is 2.56 bits per heavy atom. The van der Waals surface area contributed by atoms with Crippen molar-refractivity contribution < 1.29 is 0 Å². The van der Waals surface area contributed by atoms with Gasteiger partial charge in [0.2, 0.25) is 0 Å². The molecule has 0 amide bonds. The Hall–Kier alpha value is -0.570. The van der Waals surface area contributed by atoms with Crippen LogP contribution in [0.1, 0.15) is 19.0 Å². The maximum Gasteiger partial charge on any atom is 0.109 e. The summed E-state index contributed by atoms with van der Waals surface area (Å²) in [5, 5.41) is 0.872. The zero-order chi connectivity index (χ0) is 6.69. The van der Waals surface area contributed by atoms with Crippen LogP contribution in [0.25, 0.3) is 0 Å². The summed E-state index contributed by atoms with van der Waals surface area (Å²) in [4.78, 5) is 4.10. The van der Waals surface area contributed by atoms with Crippen molar-refractivity contribution in [3.63, 3.8) is 0 Å². The summed E-state index contributed by atoms with van der Waals surface area (Å²) in [7, 11) is 0. The van der Waals surface area contributed by atoms with Crippen LogP contribution in [-0.2, 0) is 6.42 Å². The maximum absolute atomic E-state index is 5.58. The van der Waals surface area contributed by atoms with Gasteiger partial charge in [-0.15, -0.1) is 11.3 Å². The highest BCUT2D eigenvalue weighted by atomic mass is 32.1. The fourth-order valence-corrected chi connectivity index (χ4v) is 1.29. The van der Waals surface area contributed by atoms with E-state index in [1.807, 2.05) is 0 Å². The van der Waals surface area contributed by atoms with Gasteiger partial charge in [0.25, 0.3) is 0 Å². The number of aryl methyl sites for hydroxylation is 1. The zero-order valence-electron chi connectivity index (χ0n) is 5.42. The van der Waals surface area contributed by atoms with E-state index in [1.54, 1.807) is 5.51 Å². The molecule has 0 atom stereocenters. The molecule has 9 heavy (non-hydrogen) atoms. The number of nitrogen functional groups attached to an aromatic ring is 1. The molecule has 0 saturated heterocycles. The molecule has 0 aliphatic rings. The predicted molar refractivity (Wildman–Crippen MR) is 40.5 cm³/mol. The van der Waals surface area contributed by atoms with E-state index in [0.29, 0.717) is 0 Å². The van der Waals surface area contributed by atoms with Gasteiger partial charge < -0.3 is 5.73 Å². The molecule has 2 nitrogen and oxygen atoms in total. The van der Waals surface area contributed by atoms with Crippen molar-refractivity contribution in [2.24, 2.45) is 0 Å². The average Bonchev–Trinajstić information content (AvgIpc) is 2.18. The Labute approximate surface area is 58.7 Å². The highest BCUT2D eigenvalue weighted by Gasteiger charge is 1.98. The van der Waals surface area contributed by atoms with Gasteiger partial charge in [0, 0.05) is 0 Å². The van der Waals surface area contributed by atoms with Crippen molar-refractivity contribution in [1.82, 2.24) is 4.98 Å². The molecule has 0 aliphatic heterocycles. The maximum atomic E-state index is 5.58. The van der Waals surface area contributed by atoms with Crippen LogP contribution in [-0.4, -0.2) is 4.98 Å². The van der Waals surface area contributed by atoms with Crippen LogP contribution in [0, 0.1) is 0 Å². The third-order valence-corrected chi connectivity index (χ3v) is 1.86. The van der Waals surface area contributed by atoms with E-state index in [-0.39, 0.29) is 0 Å². The summed E-state index contributed by atoms with van der Waals surface area (Å²) in [5.74, 6) is 0. The van der Waals surface area contributed by atoms with Crippen LogP contribution in [0.2, 0.25) is 0 Å². The molecular weight excluding hydrogens is 132 g/mol. The number of anilines is 1. The molecule has 1 aromatic rings. The Bertz CT molecular complexity index is 183. The van der Waals surface area contributed by atoms with E-state index in [4.69, 9.17) is 5.73 Å². The minimum absolute atomic E-state index is 0.872. The molecule has 1 heterocycles. The molecular formula is C6H10N2S. The zero-order valence-corrected chi connectivity index (χ0v) is 6.24. The van der Waals surface area contributed by atoms with Crippen molar-refractivity contribution in [2.45, 2.75) is 19.8 Å². The second-order valence-corrected chi connectivity index (χ2v) is 2.80. The molecule has 0 aromatic carbocycles. The van der Waals surface area contributed by atoms with Crippen molar-refractivity contribution in [3.8, 4) is 0 Å². The first-order valence-corrected chi connectivity index (χ1v) is 3.90. The minimum Gasteiger partial charge on any atom is -0.389 e. The third kappa shape index (κ3) is 1.42. The van der Waals surface area contributed by atoms with Crippen molar-refractivity contribution >= 4 is 16.3 Å². The topological polar surface area (TPSA) is 38.9 Å². The van der Waals surface area contributed by atoms with Crippen molar-refractivity contribution in [2.75, 3.05) is 5.73 Å². The molecule has 0 bridgehead atoms. The summed E-state index contributed by atoms with van der Waals surface area (Å²) in [6.07, 6.45) is 2.13. The Kier molecular flexibility index (Phi) is 2.05. The quantitative estimate of drug-likeness (QED) is 0.682. The van der Waals surface area contributed by atoms with Gasteiger partial charge in [-0.05, 0) is 6.42 Å². The van der Waals surface area contributed by atoms with Gasteiger partial charge in [-0.3, -0.25) is 0 Å². The molecule has 0 aliphatic carbocycles. The van der Waals surface area contributed by atoms with Crippen LogP contribution >= 0.6 is 11.3 Å². The van der Waals surface area contributed by atoms with E-state index in [1.165, 1.54) is 11.3 Å². The first-order valence-electron chi connectivity index (χ1n) is 3.02. The van der Waals surface area contributed by atoms with Gasteiger partial charge in [-0.2, -0.15) is 0 Å². The number of nitrogens with two attached hydrogens (primary N) is 1. The monoisotopic (exact) mass is 142 g/mol. The van der Waals surface area contributed by atoms with Crippen LogP contribution in [0.5, 0.6) is 0 Å². The van der Waals surface area contributed by atoms with Crippen molar-refractivity contribution in [3.05, 3.63) is 11.2 Å². The van der Waals surface area contributed by atoms with Gasteiger partial charge in [-0.25, -0.2) is 4.98 Å². The molecule has 2 N–H and O–H groups in total. The van der Waals surface area contributed by atoms with Gasteiger partial charge >= 0.3 is 0 Å². The number of thiazole rings is 1. The highest BCUT2D eigenvalue weighted by Crippen LogP contribution is 2.16. The highest BCUT2D eigenvalue weighted by molar-refractivity contribution is 7.13. The molecule has 0 fully saturated rings. The summed E-state index contributed by atoms with van der Waals surface area (Å²) >= 11 is 1.51. The molecule has 3 heteroatoms. The molecule has 1 aromatic heterocycles. The minimum atomic E-state index is 0.872. The molecule has 0 saturated carbocycles. The molecule has 0 radical (unpaired) electrons. The number of hydrogen-bond acceptors (Lipinski definition) is 3. The van der Waals surface area contributed by atoms with Gasteiger partial charge in [-0.1, -0.05) is 13.3 Å². The molecule has 50 valence electrons. The lowest BCUT2D eigenvalue weighted by atomic mass is 10.3. The first-order chi connectivity index (χ1) is 4.34. The summed E-state index contributed by atoms with van der Waals surface area (Å²) in [6.45, 7) is 2.12. The van der Waals surface area contributed by atoms with E-state index in [9.17, 15) is 0 Å². The molecule has 0 spiro atoms. The molecule has 0 unspecified atom stereocenters. The fourth-order valence-electron chi connectivity index (χ4n) is 0.703. The standard InChI is InChI=1S/C6H10N2S/c1-2-3-5-6(7)9-4-8-5/h4H,2-3,7H2,1H3. The van der Waals surface area contributed by atoms with E-state index in [2.05, 4.69) is 11.9 Å². The SMILES string of the molecule is CCCc1ncsc1N. The van der Waals surface area contributed by atoms with E-state index in [0.717, 1.165) is 23.5 Å². The van der Waals surface area contributed by atoms with Gasteiger partial charge in [0.1, 0.15) is 5.00 Å². The summed E-state index contributed by atoms with van der Waals surface area (Å²) in [6, 6.07) is 0. The summed E-state index contributed by atoms with van der Waals surface area (Å²) < 4.78 is 0. The Balaban J connectivity index is 2.69. The van der Waals surface area contributed by atoms with Crippen LogP contribution in [0.3, 0.4) is 0 Å². The normalized spacial score (nSPS) is 9.89. The second kappa shape index (κ2) is 2.82. The Morgan fingerprint density at radius 3 is 3.00 bits per heavy atom. The lowest BCUT2D eigenvalue weighted by Gasteiger charge is -1.90. The van der Waals surface area contributed by atoms with Crippen LogP contribution < -0.4 is 5.73 Å². The lowest BCUT2D eigenvalue weighted by Crippen LogP contribution is -1.89. The van der Waals surface area contributed by atoms with E-state index >= 15 is 0 Å². The van der Waals surface area contributed by atoms with Gasteiger partial charge in [0.05, 0.1) is 11.2 Å². The predicted octanol–water partition coefficient (Wildman–Crippen LogP) is 1.68. The van der Waals surface area contributed by atoms with Gasteiger partial charge in [0.15, 0.2) is 0 Å². The first kappa shape index (κ1) is 6.55. The van der Waals surface area contributed by atoms with Crippen molar-refractivity contribution in [1.29, 1.82) is 0 Å². The lowest BCUT2D eigenvalue weighted by molar-refractivity contribution is 0.895. The number of hydrogen-bond donors (Lipinski definition) is 1. The smallest absolute Gasteiger partial charge is 0.109 e. The van der Waals surface area contributed by atoms with Crippen LogP contribution in [0.15, 0.2) is 5.51 Å². The largest absolute Gasteiger partial charge is 0.389 e. The number of aromatic nitrogens is 1. The molecule has 1 rings (SSSR count). The summed E-state index contributed by atoms with van der Waals surface area (Å²) in [5.41, 5.74) is 8.43. The third-order valence-electron chi connectivity index (χ3n) is 1.16. The second-order valence-electron chi connectivity index (χ2n) is 1.91. The Morgan fingerprint density at radius 1 is 1.78 bits per heavy atom.